The Morgan fingerprint density at radius 1 is 1.55 bits per heavy atom. The second kappa shape index (κ2) is 6.10. The molecule has 62 valence electrons. The van der Waals surface area contributed by atoms with E-state index in [1.165, 1.54) is 17.1 Å². The third-order valence-corrected chi connectivity index (χ3v) is 1.83. The second-order valence-electron chi connectivity index (χ2n) is 1.86. The molecule has 0 amide bonds. The highest BCUT2D eigenvalue weighted by atomic mass is 32.1. The SMILES string of the molecule is C/C=C(\C)c1ccsn1.CC. The molecule has 0 aromatic carbocycles. The molecular formula is C9H15NS. The minimum Gasteiger partial charge on any atom is -0.193 e. The van der Waals surface area contributed by atoms with Crippen molar-refractivity contribution < 1.29 is 0 Å². The Balaban J connectivity index is 0.000000461. The maximum atomic E-state index is 4.16. The molecule has 0 saturated heterocycles. The first-order chi connectivity index (χ1) is 5.34. The second-order valence-corrected chi connectivity index (χ2v) is 2.52. The largest absolute Gasteiger partial charge is 0.193 e. The Labute approximate surface area is 72.9 Å². The molecule has 0 saturated carbocycles. The molecule has 0 aliphatic heterocycles. The van der Waals surface area contributed by atoms with E-state index in [0.717, 1.165) is 5.69 Å². The summed E-state index contributed by atoms with van der Waals surface area (Å²) in [5.41, 5.74) is 2.35. The molecule has 0 atom stereocenters. The van der Waals surface area contributed by atoms with Crippen molar-refractivity contribution in [2.24, 2.45) is 0 Å². The molecule has 0 bridgehead atoms. The lowest BCUT2D eigenvalue weighted by Gasteiger charge is -1.88. The van der Waals surface area contributed by atoms with Gasteiger partial charge in [0.15, 0.2) is 0 Å². The van der Waals surface area contributed by atoms with Gasteiger partial charge >= 0.3 is 0 Å². The van der Waals surface area contributed by atoms with Crippen molar-refractivity contribution in [3.63, 3.8) is 0 Å². The lowest BCUT2D eigenvalue weighted by Crippen LogP contribution is -1.73. The third-order valence-electron chi connectivity index (χ3n) is 1.27. The summed E-state index contributed by atoms with van der Waals surface area (Å²) >= 11 is 1.49. The number of hydrogen-bond donors (Lipinski definition) is 0. The van der Waals surface area contributed by atoms with Crippen molar-refractivity contribution in [2.75, 3.05) is 0 Å². The lowest BCUT2D eigenvalue weighted by molar-refractivity contribution is 1.43. The number of allylic oxidation sites excluding steroid dienone is 2. The van der Waals surface area contributed by atoms with E-state index in [1.807, 2.05) is 32.2 Å². The Hall–Kier alpha value is -0.630. The highest BCUT2D eigenvalue weighted by Gasteiger charge is 1.92. The van der Waals surface area contributed by atoms with Crippen LogP contribution in [-0.2, 0) is 0 Å². The predicted molar refractivity (Wildman–Crippen MR) is 52.8 cm³/mol. The van der Waals surface area contributed by atoms with Crippen molar-refractivity contribution in [3.05, 3.63) is 23.2 Å². The van der Waals surface area contributed by atoms with E-state index in [2.05, 4.69) is 17.4 Å². The van der Waals surface area contributed by atoms with Crippen LogP contribution in [0.15, 0.2) is 17.5 Å². The lowest BCUT2D eigenvalue weighted by atomic mass is 10.2. The van der Waals surface area contributed by atoms with Gasteiger partial charge in [-0.05, 0) is 37.0 Å². The van der Waals surface area contributed by atoms with Gasteiger partial charge in [-0.1, -0.05) is 19.9 Å². The molecule has 1 heterocycles. The Morgan fingerprint density at radius 3 is 2.55 bits per heavy atom. The third kappa shape index (κ3) is 3.33. The van der Waals surface area contributed by atoms with Gasteiger partial charge in [0.1, 0.15) is 0 Å². The summed E-state index contributed by atoms with van der Waals surface area (Å²) < 4.78 is 4.16. The number of hydrogen-bond acceptors (Lipinski definition) is 2. The normalized spacial score (nSPS) is 10.4. The van der Waals surface area contributed by atoms with Gasteiger partial charge in [0.25, 0.3) is 0 Å². The minimum absolute atomic E-state index is 1.10. The summed E-state index contributed by atoms with van der Waals surface area (Å²) in [7, 11) is 0. The van der Waals surface area contributed by atoms with Crippen LogP contribution in [0.5, 0.6) is 0 Å². The van der Waals surface area contributed by atoms with Crippen molar-refractivity contribution in [1.82, 2.24) is 4.37 Å². The van der Waals surface area contributed by atoms with Crippen LogP contribution in [-0.4, -0.2) is 4.37 Å². The number of aromatic nitrogens is 1. The summed E-state index contributed by atoms with van der Waals surface area (Å²) in [6.45, 7) is 8.09. The molecule has 1 nitrogen and oxygen atoms in total. The van der Waals surface area contributed by atoms with Crippen molar-refractivity contribution in [2.45, 2.75) is 27.7 Å². The molecule has 0 fully saturated rings. The average Bonchev–Trinajstić information content (AvgIpc) is 2.59. The predicted octanol–water partition coefficient (Wildman–Crippen LogP) is 3.59. The molecule has 0 unspecified atom stereocenters. The van der Waals surface area contributed by atoms with Gasteiger partial charge in [-0.3, -0.25) is 0 Å². The van der Waals surface area contributed by atoms with Crippen LogP contribution in [0.4, 0.5) is 0 Å². The van der Waals surface area contributed by atoms with E-state index < -0.39 is 0 Å². The van der Waals surface area contributed by atoms with E-state index in [-0.39, 0.29) is 0 Å². The van der Waals surface area contributed by atoms with Crippen LogP contribution in [0.3, 0.4) is 0 Å². The molecule has 11 heavy (non-hydrogen) atoms. The van der Waals surface area contributed by atoms with E-state index in [4.69, 9.17) is 0 Å². The Morgan fingerprint density at radius 2 is 2.18 bits per heavy atom. The van der Waals surface area contributed by atoms with E-state index in [9.17, 15) is 0 Å². The van der Waals surface area contributed by atoms with Crippen molar-refractivity contribution in [3.8, 4) is 0 Å². The average molecular weight is 169 g/mol. The Kier molecular flexibility index (Phi) is 5.75. The monoisotopic (exact) mass is 169 g/mol. The molecule has 0 N–H and O–H groups in total. The maximum Gasteiger partial charge on any atom is 0.0794 e. The maximum absolute atomic E-state index is 4.16. The zero-order valence-electron chi connectivity index (χ0n) is 7.59. The fourth-order valence-corrected chi connectivity index (χ4v) is 1.13. The van der Waals surface area contributed by atoms with Crippen LogP contribution in [0, 0.1) is 0 Å². The van der Waals surface area contributed by atoms with Crippen LogP contribution >= 0.6 is 11.5 Å². The first-order valence-electron chi connectivity index (χ1n) is 3.88. The van der Waals surface area contributed by atoms with Gasteiger partial charge in [-0.15, -0.1) is 0 Å². The Bertz CT molecular complexity index is 199. The van der Waals surface area contributed by atoms with Crippen LogP contribution in [0.1, 0.15) is 33.4 Å². The van der Waals surface area contributed by atoms with E-state index >= 15 is 0 Å². The molecule has 0 aliphatic carbocycles. The van der Waals surface area contributed by atoms with Gasteiger partial charge in [-0.25, -0.2) is 0 Å². The molecule has 0 aliphatic rings. The molecular weight excluding hydrogens is 154 g/mol. The molecule has 1 rings (SSSR count). The fraction of sp³-hybridized carbons (Fsp3) is 0.444. The quantitative estimate of drug-likeness (QED) is 0.626. The number of rotatable bonds is 1. The smallest absolute Gasteiger partial charge is 0.0794 e. The van der Waals surface area contributed by atoms with Gasteiger partial charge in [0, 0.05) is 5.38 Å². The minimum atomic E-state index is 1.10. The summed E-state index contributed by atoms with van der Waals surface area (Å²) in [5, 5.41) is 1.99. The van der Waals surface area contributed by atoms with Crippen LogP contribution in [0.25, 0.3) is 5.57 Å². The van der Waals surface area contributed by atoms with Crippen LogP contribution in [0.2, 0.25) is 0 Å². The van der Waals surface area contributed by atoms with Crippen LogP contribution < -0.4 is 0 Å². The summed E-state index contributed by atoms with van der Waals surface area (Å²) in [5.74, 6) is 0. The summed E-state index contributed by atoms with van der Waals surface area (Å²) in [4.78, 5) is 0. The summed E-state index contributed by atoms with van der Waals surface area (Å²) in [6.07, 6.45) is 2.06. The fourth-order valence-electron chi connectivity index (χ4n) is 0.564. The zero-order valence-corrected chi connectivity index (χ0v) is 8.40. The molecule has 0 spiro atoms. The van der Waals surface area contributed by atoms with E-state index in [0.29, 0.717) is 0 Å². The molecule has 0 radical (unpaired) electrons. The molecule has 1 aromatic rings. The first kappa shape index (κ1) is 10.4. The van der Waals surface area contributed by atoms with Gasteiger partial charge < -0.3 is 0 Å². The van der Waals surface area contributed by atoms with E-state index in [1.54, 1.807) is 0 Å². The zero-order chi connectivity index (χ0) is 8.69. The number of nitrogens with zero attached hydrogens (tertiary/aromatic N) is 1. The van der Waals surface area contributed by atoms with Crippen molar-refractivity contribution in [1.29, 1.82) is 0 Å². The topological polar surface area (TPSA) is 12.9 Å². The van der Waals surface area contributed by atoms with Gasteiger partial charge in [-0.2, -0.15) is 4.37 Å². The first-order valence-corrected chi connectivity index (χ1v) is 4.72. The summed E-state index contributed by atoms with van der Waals surface area (Å²) in [6, 6.07) is 2.03. The van der Waals surface area contributed by atoms with Crippen molar-refractivity contribution >= 4 is 17.1 Å². The standard InChI is InChI=1S/C7H9NS.C2H6/c1-3-6(2)7-4-5-9-8-7;1-2/h3-5H,1-2H3;1-2H3/b6-3+;. The highest BCUT2D eigenvalue weighted by Crippen LogP contribution is 2.11. The molecule has 2 heteroatoms. The highest BCUT2D eigenvalue weighted by molar-refractivity contribution is 7.03. The van der Waals surface area contributed by atoms with Gasteiger partial charge in [0.2, 0.25) is 0 Å². The van der Waals surface area contributed by atoms with Gasteiger partial charge in [0.05, 0.1) is 5.69 Å². The molecule has 1 aromatic heterocycles.